The van der Waals surface area contributed by atoms with Crippen molar-refractivity contribution in [2.24, 2.45) is 7.05 Å². The second-order valence-electron chi connectivity index (χ2n) is 4.34. The van der Waals surface area contributed by atoms with E-state index in [1.54, 1.807) is 0 Å². The highest BCUT2D eigenvalue weighted by Crippen LogP contribution is 2.34. The molecule has 4 heteroatoms. The molecule has 2 rings (SSSR count). The Kier molecular flexibility index (Phi) is 3.73. The van der Waals surface area contributed by atoms with E-state index in [2.05, 4.69) is 62.9 Å². The van der Waals surface area contributed by atoms with Gasteiger partial charge in [0.25, 0.3) is 0 Å². The zero-order valence-electron chi connectivity index (χ0n) is 10.0. The van der Waals surface area contributed by atoms with Crippen LogP contribution in [0.5, 0.6) is 0 Å². The summed E-state index contributed by atoms with van der Waals surface area (Å²) >= 11 is 7.16. The van der Waals surface area contributed by atoms with E-state index in [-0.39, 0.29) is 0 Å². The Morgan fingerprint density at radius 1 is 1.24 bits per heavy atom. The molecule has 0 radical (unpaired) electrons. The third-order valence-electron chi connectivity index (χ3n) is 2.66. The van der Waals surface area contributed by atoms with Gasteiger partial charge in [-0.25, -0.2) is 0 Å². The summed E-state index contributed by atoms with van der Waals surface area (Å²) in [5, 5.41) is 4.57. The summed E-state index contributed by atoms with van der Waals surface area (Å²) in [6.45, 7) is 4.30. The summed E-state index contributed by atoms with van der Waals surface area (Å²) in [4.78, 5) is 0. The first kappa shape index (κ1) is 12.8. The Morgan fingerprint density at radius 2 is 1.94 bits per heavy atom. The summed E-state index contributed by atoms with van der Waals surface area (Å²) in [6, 6.07) is 8.26. The first-order chi connectivity index (χ1) is 8.00. The smallest absolute Gasteiger partial charge is 0.0824 e. The SMILES string of the molecule is CC(C)c1nn(C)c(-c2cccc(Br)c2)c1Br. The van der Waals surface area contributed by atoms with Crippen molar-refractivity contribution in [3.8, 4) is 11.3 Å². The van der Waals surface area contributed by atoms with E-state index < -0.39 is 0 Å². The summed E-state index contributed by atoms with van der Waals surface area (Å²) in [6.07, 6.45) is 0. The highest BCUT2D eigenvalue weighted by molar-refractivity contribution is 9.11. The molecule has 2 nitrogen and oxygen atoms in total. The number of benzene rings is 1. The number of rotatable bonds is 2. The van der Waals surface area contributed by atoms with Gasteiger partial charge in [-0.05, 0) is 34.0 Å². The van der Waals surface area contributed by atoms with Crippen molar-refractivity contribution in [3.63, 3.8) is 0 Å². The molecule has 0 atom stereocenters. The first-order valence-electron chi connectivity index (χ1n) is 5.49. The molecule has 0 aliphatic heterocycles. The zero-order chi connectivity index (χ0) is 12.6. The molecule has 2 aromatic rings. The number of nitrogens with zero attached hydrogens (tertiary/aromatic N) is 2. The van der Waals surface area contributed by atoms with Crippen LogP contribution in [0.1, 0.15) is 25.5 Å². The van der Waals surface area contributed by atoms with Crippen molar-refractivity contribution < 1.29 is 0 Å². The number of hydrogen-bond acceptors (Lipinski definition) is 1. The normalized spacial score (nSPS) is 11.2. The summed E-state index contributed by atoms with van der Waals surface area (Å²) in [5.74, 6) is 0.413. The van der Waals surface area contributed by atoms with Crippen molar-refractivity contribution >= 4 is 31.9 Å². The van der Waals surface area contributed by atoms with Crippen LogP contribution in [0.15, 0.2) is 33.2 Å². The van der Waals surface area contributed by atoms with Crippen molar-refractivity contribution in [2.75, 3.05) is 0 Å². The minimum absolute atomic E-state index is 0.413. The van der Waals surface area contributed by atoms with Crippen LogP contribution < -0.4 is 0 Å². The maximum absolute atomic E-state index is 4.57. The van der Waals surface area contributed by atoms with Gasteiger partial charge in [-0.2, -0.15) is 5.10 Å². The van der Waals surface area contributed by atoms with Gasteiger partial charge >= 0.3 is 0 Å². The van der Waals surface area contributed by atoms with E-state index in [1.807, 2.05) is 23.9 Å². The zero-order valence-corrected chi connectivity index (χ0v) is 13.2. The van der Waals surface area contributed by atoms with Crippen LogP contribution in [-0.4, -0.2) is 9.78 Å². The van der Waals surface area contributed by atoms with E-state index >= 15 is 0 Å². The third-order valence-corrected chi connectivity index (χ3v) is 3.93. The molecule has 17 heavy (non-hydrogen) atoms. The van der Waals surface area contributed by atoms with Crippen LogP contribution in [0.2, 0.25) is 0 Å². The number of hydrogen-bond donors (Lipinski definition) is 0. The Hall–Kier alpha value is -0.610. The fraction of sp³-hybridized carbons (Fsp3) is 0.308. The average molecular weight is 358 g/mol. The van der Waals surface area contributed by atoms with Crippen LogP contribution in [0.3, 0.4) is 0 Å². The van der Waals surface area contributed by atoms with Gasteiger partial charge in [-0.15, -0.1) is 0 Å². The molecular weight excluding hydrogens is 344 g/mol. The molecule has 90 valence electrons. The number of halogens is 2. The van der Waals surface area contributed by atoms with Crippen LogP contribution in [0.25, 0.3) is 11.3 Å². The molecule has 0 spiro atoms. The molecule has 0 N–H and O–H groups in total. The van der Waals surface area contributed by atoms with E-state index in [4.69, 9.17) is 0 Å². The van der Waals surface area contributed by atoms with Crippen molar-refractivity contribution in [3.05, 3.63) is 38.9 Å². The van der Waals surface area contributed by atoms with E-state index in [1.165, 1.54) is 0 Å². The van der Waals surface area contributed by atoms with Crippen LogP contribution in [-0.2, 0) is 7.05 Å². The van der Waals surface area contributed by atoms with Gasteiger partial charge in [0.15, 0.2) is 0 Å². The quantitative estimate of drug-likeness (QED) is 0.759. The van der Waals surface area contributed by atoms with Gasteiger partial charge in [0.2, 0.25) is 0 Å². The lowest BCUT2D eigenvalue weighted by Crippen LogP contribution is -1.95. The standard InChI is InChI=1S/C13H14Br2N2/c1-8(2)12-11(15)13(17(3)16-12)9-5-4-6-10(14)7-9/h4-8H,1-3H3. The lowest BCUT2D eigenvalue weighted by molar-refractivity contribution is 0.717. The minimum Gasteiger partial charge on any atom is -0.266 e. The van der Waals surface area contributed by atoms with Crippen molar-refractivity contribution in [1.82, 2.24) is 9.78 Å². The lowest BCUT2D eigenvalue weighted by Gasteiger charge is -2.04. The number of aryl methyl sites for hydroxylation is 1. The number of aromatic nitrogens is 2. The van der Waals surface area contributed by atoms with Gasteiger partial charge in [0, 0.05) is 17.1 Å². The molecule has 0 saturated carbocycles. The van der Waals surface area contributed by atoms with Gasteiger partial charge in [-0.3, -0.25) is 4.68 Å². The molecule has 0 fully saturated rings. The molecule has 0 saturated heterocycles. The van der Waals surface area contributed by atoms with E-state index in [0.717, 1.165) is 25.9 Å². The summed E-state index contributed by atoms with van der Waals surface area (Å²) in [7, 11) is 1.98. The summed E-state index contributed by atoms with van der Waals surface area (Å²) in [5.41, 5.74) is 3.38. The second-order valence-corrected chi connectivity index (χ2v) is 6.05. The lowest BCUT2D eigenvalue weighted by atomic mass is 10.1. The van der Waals surface area contributed by atoms with Crippen LogP contribution >= 0.6 is 31.9 Å². The van der Waals surface area contributed by atoms with Gasteiger partial charge < -0.3 is 0 Å². The first-order valence-corrected chi connectivity index (χ1v) is 7.07. The van der Waals surface area contributed by atoms with Crippen LogP contribution in [0, 0.1) is 0 Å². The molecule has 0 bridgehead atoms. The van der Waals surface area contributed by atoms with Gasteiger partial charge in [-0.1, -0.05) is 41.9 Å². The molecule has 1 aromatic carbocycles. The monoisotopic (exact) mass is 356 g/mol. The maximum Gasteiger partial charge on any atom is 0.0824 e. The van der Waals surface area contributed by atoms with E-state index in [9.17, 15) is 0 Å². The minimum atomic E-state index is 0.413. The average Bonchev–Trinajstić information content (AvgIpc) is 2.54. The molecule has 0 unspecified atom stereocenters. The Balaban J connectivity index is 2.60. The van der Waals surface area contributed by atoms with Gasteiger partial charge in [0.05, 0.1) is 15.9 Å². The molecular formula is C13H14Br2N2. The molecule has 0 aliphatic carbocycles. The van der Waals surface area contributed by atoms with E-state index in [0.29, 0.717) is 5.92 Å². The van der Waals surface area contributed by atoms with Crippen molar-refractivity contribution in [1.29, 1.82) is 0 Å². The molecule has 0 amide bonds. The molecule has 1 aromatic heterocycles. The Labute approximate surface area is 118 Å². The predicted octanol–water partition coefficient (Wildman–Crippen LogP) is 4.74. The topological polar surface area (TPSA) is 17.8 Å². The molecule has 0 aliphatic rings. The molecule has 1 heterocycles. The summed E-state index contributed by atoms with van der Waals surface area (Å²) < 4.78 is 4.10. The van der Waals surface area contributed by atoms with Crippen molar-refractivity contribution in [2.45, 2.75) is 19.8 Å². The third kappa shape index (κ3) is 2.47. The Morgan fingerprint density at radius 3 is 2.47 bits per heavy atom. The largest absolute Gasteiger partial charge is 0.266 e. The van der Waals surface area contributed by atoms with Gasteiger partial charge in [0.1, 0.15) is 0 Å². The highest BCUT2D eigenvalue weighted by Gasteiger charge is 2.17. The predicted molar refractivity (Wildman–Crippen MR) is 78.1 cm³/mol. The van der Waals surface area contributed by atoms with Crippen LogP contribution in [0.4, 0.5) is 0 Å². The second kappa shape index (κ2) is 4.94. The highest BCUT2D eigenvalue weighted by atomic mass is 79.9. The fourth-order valence-corrected chi connectivity index (χ4v) is 3.26. The fourth-order valence-electron chi connectivity index (χ4n) is 1.84. The Bertz CT molecular complexity index is 544. The maximum atomic E-state index is 4.57.